The number of Topliss-reactive ketones (excluding diaryl/α,β-unsaturated/α-hetero) is 1. The molecule has 0 saturated heterocycles. The van der Waals surface area contributed by atoms with Gasteiger partial charge >= 0.3 is 5.97 Å². The Morgan fingerprint density at radius 1 is 0.588 bits per heavy atom. The van der Waals surface area contributed by atoms with Gasteiger partial charge in [0.1, 0.15) is 11.9 Å². The van der Waals surface area contributed by atoms with E-state index in [1.807, 2.05) is 0 Å². The van der Waals surface area contributed by atoms with Gasteiger partial charge in [-0.1, -0.05) is 96.9 Å². The molecule has 6 unspecified atom stereocenters. The van der Waals surface area contributed by atoms with E-state index in [0.29, 0.717) is 28.4 Å². The molecule has 85 heavy (non-hydrogen) atoms. The highest BCUT2D eigenvalue weighted by Crippen LogP contribution is 2.69. The van der Waals surface area contributed by atoms with E-state index in [1.165, 1.54) is 90.4 Å². The van der Waals surface area contributed by atoms with Crippen LogP contribution in [0.1, 0.15) is 235 Å². The van der Waals surface area contributed by atoms with E-state index < -0.39 is 5.60 Å². The number of esters is 1. The number of aliphatic hydroxyl groups excluding tert-OH is 1. The van der Waals surface area contributed by atoms with Crippen LogP contribution in [0.3, 0.4) is 0 Å². The van der Waals surface area contributed by atoms with Crippen LogP contribution < -0.4 is 0 Å². The minimum Gasteiger partial charge on any atom is -0.462 e. The third-order valence-corrected chi connectivity index (χ3v) is 20.8. The molecule has 7 nitrogen and oxygen atoms in total. The summed E-state index contributed by atoms with van der Waals surface area (Å²) in [6, 6.07) is 0. The summed E-state index contributed by atoms with van der Waals surface area (Å²) in [7, 11) is 0. The van der Waals surface area contributed by atoms with Gasteiger partial charge in [0.15, 0.2) is 0 Å². The molecule has 0 radical (unpaired) electrons. The molecule has 8 rings (SSSR count). The van der Waals surface area contributed by atoms with Crippen LogP contribution in [0, 0.1) is 233 Å². The van der Waals surface area contributed by atoms with Crippen LogP contribution in [0.4, 0.5) is 0 Å². The van der Waals surface area contributed by atoms with Crippen molar-refractivity contribution in [1.82, 2.24) is 0 Å². The third kappa shape index (κ3) is 18.0. The van der Waals surface area contributed by atoms with Crippen LogP contribution in [-0.4, -0.2) is 39.8 Å². The third-order valence-electron chi connectivity index (χ3n) is 20.8. The van der Waals surface area contributed by atoms with Crippen molar-refractivity contribution in [1.29, 1.82) is 0 Å². The number of ether oxygens (including phenoxy) is 1. The monoisotopic (exact) mass is 1180 g/mol. The van der Waals surface area contributed by atoms with Gasteiger partial charge in [-0.2, -0.15) is 0 Å². The van der Waals surface area contributed by atoms with E-state index in [-0.39, 0.29) is 72.3 Å². The predicted molar refractivity (Wildman–Crippen MR) is 388 cm³/mol. The summed E-state index contributed by atoms with van der Waals surface area (Å²) in [5.41, 5.74) is 3.74. The number of aliphatic hydroxyl groups is 2. The molecule has 0 aromatic heterocycles. The topological polar surface area (TPSA) is 118 Å². The first-order valence-corrected chi connectivity index (χ1v) is 30.4. The Kier molecular flexibility index (Phi) is 27.8. The van der Waals surface area contributed by atoms with Crippen molar-refractivity contribution >= 4 is 11.8 Å². The molecule has 8 aliphatic carbocycles. The van der Waals surface area contributed by atoms with Gasteiger partial charge in [-0.3, -0.25) is 9.59 Å². The Hall–Kier alpha value is -7.58. The zero-order valence-electron chi connectivity index (χ0n) is 51.3. The summed E-state index contributed by atoms with van der Waals surface area (Å²) >= 11 is 0. The van der Waals surface area contributed by atoms with Gasteiger partial charge < -0.3 is 14.9 Å². The second kappa shape index (κ2) is 33.8. The molecule has 15 atom stereocenters. The molecule has 484 valence electrons. The van der Waals surface area contributed by atoms with Gasteiger partial charge in [0, 0.05) is 107 Å². The number of fused-ring (bicyclic) bond motifs is 10. The number of rotatable bonds is 8. The summed E-state index contributed by atoms with van der Waals surface area (Å²) in [6.45, 7) is 19.4. The number of hydrogen-bond acceptors (Lipinski definition) is 7. The predicted octanol–water partition coefficient (Wildman–Crippen LogP) is 18.3. The number of terminal acetylenes is 1. The fourth-order valence-electron chi connectivity index (χ4n) is 17.1. The number of carbonyl (C=O) groups is 2. The lowest BCUT2D eigenvalue weighted by Gasteiger charge is -2.59. The minimum atomic E-state index is -0.501. The lowest BCUT2D eigenvalue weighted by Crippen LogP contribution is -2.53. The Morgan fingerprint density at radius 2 is 1.02 bits per heavy atom. The Labute approximate surface area is 544 Å². The summed E-state index contributed by atoms with van der Waals surface area (Å²) < 4.78 is 5.53. The largest absolute Gasteiger partial charge is 0.462 e. The maximum Gasteiger partial charge on any atom is 0.302 e. The average Bonchev–Trinajstić information content (AvgIpc) is 1.40. The van der Waals surface area contributed by atoms with Gasteiger partial charge in [-0.25, -0.2) is 0 Å². The summed E-state index contributed by atoms with van der Waals surface area (Å²) in [5, 5.41) is 21.8. The van der Waals surface area contributed by atoms with Crippen LogP contribution in [0.25, 0.3) is 0 Å². The van der Waals surface area contributed by atoms with Crippen LogP contribution in [0.15, 0.2) is 23.3 Å². The first kappa shape index (κ1) is 69.9. The Balaban J connectivity index is -0.0000000614. The van der Waals surface area contributed by atoms with Gasteiger partial charge in [-0.15, -0.1) is 6.42 Å². The highest BCUT2D eigenvalue weighted by atomic mass is 16.7. The molecule has 8 aliphatic rings. The highest BCUT2D eigenvalue weighted by Gasteiger charge is 2.62. The second-order valence-electron chi connectivity index (χ2n) is 25.3. The SMILES string of the molecule is C.C#CC#CC#CC#CC#CC#CC#CC#CC#CC#CC#CC#CC#CC.CC(=O)O[C@H]1CC[C@@]2(C)C(=CCC3C2CC[C@@]2(C)C3CC[C@@H]2C(C)=O)C1.CCCCCC[C@](C)(O)[C@H]1CCC2C3CC=C4C[C@@H](O)CC[C@]4(C)C3CC[C@@]21C.O=O.[HH].[HH].[HH].[HH].[HH].[HH].[HH].[HH].[HH].[HH].[HH].[HH].[HH].[HH].[HH].[HH].[HH].[HH].[HH].[HH].[HH]. The second-order valence-corrected chi connectivity index (χ2v) is 25.3. The van der Waals surface area contributed by atoms with Crippen molar-refractivity contribution in [3.05, 3.63) is 33.2 Å². The standard InChI is InChI=1S/C27H46O2.C27H4.C23H34O3.CH4.O2.21H2/c1-5-6-7-8-15-27(4,29)24-12-11-22-21-10-9-19-18-20(28)13-16-25(19,2)23(21)14-17-26(22,24)3;1-3-5-7-9-11-13-15-17-19-21-23-25-27-26-24-22-20-18-16-14-12-10-8-6-4-2;1-14(24)19-7-8-20-18-6-5-16-13-17(26-15(2)25)9-11-22(16,3)21(18)10-12-23(19,20)4;;1-2;;;;;;;;;;;;;;;;;;;;;/h9,20-24,28-29H,5-8,10-18H2,1-4H3;1H,2H3;5,17-21H,6-13H2,1-4H3;1H4;;21*1H/t20-,21?,22?,23?,24-,25-,26-,27-;;17-,18?,19+,20?,21?,22-,23+;;;;;;;;;;;;;;;;;;;;;;;/m0.0......................./s1. The van der Waals surface area contributed by atoms with Crippen molar-refractivity contribution < 1.29 is 54.5 Å². The average molecular weight is 1180 g/mol. The molecule has 0 spiro atoms. The maximum atomic E-state index is 12.2. The quantitative estimate of drug-likeness (QED) is 0.108. The van der Waals surface area contributed by atoms with Crippen molar-refractivity contribution in [2.24, 2.45) is 69.0 Å². The molecule has 7 heteroatoms. The van der Waals surface area contributed by atoms with Gasteiger partial charge in [0.2, 0.25) is 0 Å². The number of hydrogen-bond donors (Lipinski definition) is 2. The minimum absolute atomic E-state index is 0. The maximum absolute atomic E-state index is 12.2. The van der Waals surface area contributed by atoms with Crippen LogP contribution in [-0.2, 0) is 14.3 Å². The van der Waals surface area contributed by atoms with E-state index in [9.17, 15) is 19.8 Å². The normalized spacial score (nSPS) is 31.5. The molecule has 0 aliphatic heterocycles. The van der Waals surface area contributed by atoms with Crippen molar-refractivity contribution in [3.8, 4) is 154 Å². The van der Waals surface area contributed by atoms with Crippen LogP contribution in [0.2, 0.25) is 0 Å². The molecule has 6 fully saturated rings. The first-order chi connectivity index (χ1) is 40.4. The first-order valence-electron chi connectivity index (χ1n) is 30.4. The lowest BCUT2D eigenvalue weighted by molar-refractivity contribution is -0.149. The lowest BCUT2D eigenvalue weighted by atomic mass is 9.46. The van der Waals surface area contributed by atoms with Crippen molar-refractivity contribution in [3.63, 3.8) is 0 Å². The smallest absolute Gasteiger partial charge is 0.302 e. The fourth-order valence-corrected chi connectivity index (χ4v) is 17.1. The Bertz CT molecular complexity index is 3420. The number of unbranched alkanes of at least 4 members (excludes halogenated alkanes) is 3. The van der Waals surface area contributed by atoms with Gasteiger partial charge in [0.25, 0.3) is 0 Å². The van der Waals surface area contributed by atoms with Crippen LogP contribution >= 0.6 is 0 Å². The molecule has 0 amide bonds. The van der Waals surface area contributed by atoms with Crippen molar-refractivity contribution in [2.75, 3.05) is 0 Å². The molecule has 0 heterocycles. The molecular formula is C78H130O7. The molecule has 2 N–H and O–H groups in total. The van der Waals surface area contributed by atoms with E-state index in [1.54, 1.807) is 25.0 Å². The molecule has 6 saturated carbocycles. The number of allylic oxidation sites excluding steroid dienone is 2. The highest BCUT2D eigenvalue weighted by molar-refractivity contribution is 5.79. The summed E-state index contributed by atoms with van der Waals surface area (Å²) in [5.74, 6) is 67.4. The zero-order chi connectivity index (χ0) is 61.2. The Morgan fingerprint density at radius 3 is 1.48 bits per heavy atom. The molecule has 0 aromatic rings. The summed E-state index contributed by atoms with van der Waals surface area (Å²) in [6.07, 6.45) is 34.3. The molecular weight excluding hydrogens is 1050 g/mol. The zero-order valence-corrected chi connectivity index (χ0v) is 51.3. The van der Waals surface area contributed by atoms with E-state index in [2.05, 4.69) is 202 Å². The van der Waals surface area contributed by atoms with Crippen molar-refractivity contribution in [2.45, 2.75) is 222 Å². The van der Waals surface area contributed by atoms with E-state index >= 15 is 0 Å². The van der Waals surface area contributed by atoms with E-state index in [0.717, 1.165) is 81.0 Å². The van der Waals surface area contributed by atoms with Gasteiger partial charge in [-0.05, 0) is 281 Å². The molecule has 0 aromatic carbocycles. The number of carbonyl (C=O) groups excluding carboxylic acids is 2. The molecule has 0 bridgehead atoms. The van der Waals surface area contributed by atoms with Gasteiger partial charge in [0.05, 0.1) is 11.7 Å². The summed E-state index contributed by atoms with van der Waals surface area (Å²) in [4.78, 5) is 37.6. The number of ketones is 1. The van der Waals surface area contributed by atoms with E-state index in [4.69, 9.17) is 21.1 Å². The fraction of sp³-hybridized carbons (Fsp3) is 0.590. The van der Waals surface area contributed by atoms with Crippen LogP contribution in [0.5, 0.6) is 0 Å².